The first-order chi connectivity index (χ1) is 11.5. The first-order valence-corrected chi connectivity index (χ1v) is 7.89. The second-order valence-electron chi connectivity index (χ2n) is 5.97. The highest BCUT2D eigenvalue weighted by Gasteiger charge is 2.07. The number of hydrogen-bond acceptors (Lipinski definition) is 5. The number of H-pyrrole nitrogens is 1. The molecule has 0 aliphatic heterocycles. The van der Waals surface area contributed by atoms with Crippen LogP contribution in [-0.2, 0) is 6.54 Å². The van der Waals surface area contributed by atoms with Crippen molar-refractivity contribution in [3.63, 3.8) is 0 Å². The number of aromatic nitrogens is 4. The number of aromatic amines is 1. The molecule has 24 heavy (non-hydrogen) atoms. The van der Waals surface area contributed by atoms with Crippen LogP contribution >= 0.6 is 0 Å². The second kappa shape index (κ2) is 6.70. The van der Waals surface area contributed by atoms with Gasteiger partial charge >= 0.3 is 0 Å². The van der Waals surface area contributed by atoms with Crippen LogP contribution in [0.4, 0.5) is 11.6 Å². The number of rotatable bonds is 5. The van der Waals surface area contributed by atoms with E-state index in [1.807, 2.05) is 34.0 Å². The Morgan fingerprint density at radius 3 is 2.46 bits per heavy atom. The van der Waals surface area contributed by atoms with Crippen molar-refractivity contribution < 1.29 is 0 Å². The Morgan fingerprint density at radius 1 is 1.08 bits per heavy atom. The SMILES string of the molecule is Cc1n[nH]c(C)c1CNc1nccc(-c2ccc(N(C)C)cc2)n1. The van der Waals surface area contributed by atoms with Crippen LogP contribution in [-0.4, -0.2) is 34.3 Å². The van der Waals surface area contributed by atoms with Gasteiger partial charge in [-0.15, -0.1) is 0 Å². The zero-order chi connectivity index (χ0) is 17.1. The van der Waals surface area contributed by atoms with Gasteiger partial charge in [-0.2, -0.15) is 5.10 Å². The van der Waals surface area contributed by atoms with Gasteiger partial charge in [0.1, 0.15) is 0 Å². The van der Waals surface area contributed by atoms with E-state index in [2.05, 4.69) is 54.6 Å². The standard InChI is InChI=1S/C18H22N6/c1-12-16(13(2)23-22-12)11-20-18-19-10-9-17(21-18)14-5-7-15(8-6-14)24(3)4/h5-10H,11H2,1-4H3,(H,22,23)(H,19,20,21). The predicted octanol–water partition coefficient (Wildman–Crippen LogP) is 3.16. The van der Waals surface area contributed by atoms with Crippen LogP contribution < -0.4 is 10.2 Å². The first-order valence-electron chi connectivity index (χ1n) is 7.89. The van der Waals surface area contributed by atoms with Crippen LogP contribution in [0.15, 0.2) is 36.5 Å². The normalized spacial score (nSPS) is 10.7. The molecular formula is C18H22N6. The predicted molar refractivity (Wildman–Crippen MR) is 97.2 cm³/mol. The van der Waals surface area contributed by atoms with Crippen LogP contribution in [0.2, 0.25) is 0 Å². The van der Waals surface area contributed by atoms with E-state index in [1.54, 1.807) is 6.20 Å². The molecule has 0 aliphatic carbocycles. The van der Waals surface area contributed by atoms with Crippen molar-refractivity contribution in [3.8, 4) is 11.3 Å². The maximum atomic E-state index is 4.61. The van der Waals surface area contributed by atoms with Gasteiger partial charge in [0.05, 0.1) is 11.4 Å². The lowest BCUT2D eigenvalue weighted by Crippen LogP contribution is -2.08. The molecule has 1 aromatic carbocycles. The molecular weight excluding hydrogens is 300 g/mol. The minimum atomic E-state index is 0.615. The fourth-order valence-electron chi connectivity index (χ4n) is 2.54. The molecule has 6 nitrogen and oxygen atoms in total. The van der Waals surface area contributed by atoms with E-state index in [0.29, 0.717) is 12.5 Å². The topological polar surface area (TPSA) is 69.7 Å². The van der Waals surface area contributed by atoms with Crippen LogP contribution in [0.5, 0.6) is 0 Å². The molecule has 0 bridgehead atoms. The third-order valence-electron chi connectivity index (χ3n) is 4.04. The van der Waals surface area contributed by atoms with Crippen LogP contribution in [0, 0.1) is 13.8 Å². The van der Waals surface area contributed by atoms with Crippen LogP contribution in [0.3, 0.4) is 0 Å². The molecule has 3 aromatic rings. The van der Waals surface area contributed by atoms with Gasteiger partial charge in [0.25, 0.3) is 0 Å². The summed E-state index contributed by atoms with van der Waals surface area (Å²) in [7, 11) is 4.06. The second-order valence-corrected chi connectivity index (χ2v) is 5.97. The quantitative estimate of drug-likeness (QED) is 0.755. The maximum Gasteiger partial charge on any atom is 0.223 e. The van der Waals surface area contributed by atoms with Crippen molar-refractivity contribution in [3.05, 3.63) is 53.5 Å². The van der Waals surface area contributed by atoms with E-state index in [1.165, 1.54) is 0 Å². The Bertz CT molecular complexity index is 800. The van der Waals surface area contributed by atoms with Gasteiger partial charge in [-0.1, -0.05) is 12.1 Å². The molecule has 2 N–H and O–H groups in total. The molecule has 0 spiro atoms. The van der Waals surface area contributed by atoms with E-state index in [0.717, 1.165) is 33.9 Å². The molecule has 0 fully saturated rings. The van der Waals surface area contributed by atoms with Gasteiger partial charge in [-0.25, -0.2) is 9.97 Å². The van der Waals surface area contributed by atoms with Crippen molar-refractivity contribution in [2.24, 2.45) is 0 Å². The van der Waals surface area contributed by atoms with Crippen LogP contribution in [0.1, 0.15) is 17.0 Å². The van der Waals surface area contributed by atoms with E-state index in [9.17, 15) is 0 Å². The number of nitrogens with zero attached hydrogens (tertiary/aromatic N) is 4. The highest BCUT2D eigenvalue weighted by atomic mass is 15.1. The summed E-state index contributed by atoms with van der Waals surface area (Å²) in [6, 6.07) is 10.2. The Balaban J connectivity index is 1.76. The summed E-state index contributed by atoms with van der Waals surface area (Å²) in [5, 5.41) is 10.5. The molecule has 0 saturated heterocycles. The van der Waals surface area contributed by atoms with Crippen molar-refractivity contribution in [1.82, 2.24) is 20.2 Å². The van der Waals surface area contributed by atoms with Crippen LogP contribution in [0.25, 0.3) is 11.3 Å². The van der Waals surface area contributed by atoms with Crippen molar-refractivity contribution in [2.45, 2.75) is 20.4 Å². The van der Waals surface area contributed by atoms with Gasteiger partial charge in [0.2, 0.25) is 5.95 Å². The third-order valence-corrected chi connectivity index (χ3v) is 4.04. The maximum absolute atomic E-state index is 4.61. The average Bonchev–Trinajstić information content (AvgIpc) is 2.91. The van der Waals surface area contributed by atoms with Gasteiger partial charge in [-0.05, 0) is 32.0 Å². The number of nitrogens with one attached hydrogen (secondary N) is 2. The van der Waals surface area contributed by atoms with Gasteiger partial charge < -0.3 is 10.2 Å². The summed E-state index contributed by atoms with van der Waals surface area (Å²) in [5.41, 5.74) is 6.35. The molecule has 2 heterocycles. The zero-order valence-corrected chi connectivity index (χ0v) is 14.5. The molecule has 2 aromatic heterocycles. The highest BCUT2D eigenvalue weighted by molar-refractivity contribution is 5.63. The Hall–Kier alpha value is -2.89. The van der Waals surface area contributed by atoms with Crippen molar-refractivity contribution in [1.29, 1.82) is 0 Å². The number of anilines is 2. The number of benzene rings is 1. The fourth-order valence-corrected chi connectivity index (χ4v) is 2.54. The molecule has 0 radical (unpaired) electrons. The minimum absolute atomic E-state index is 0.615. The van der Waals surface area contributed by atoms with Crippen molar-refractivity contribution >= 4 is 11.6 Å². The summed E-state index contributed by atoms with van der Waals surface area (Å²) in [6.45, 7) is 4.65. The summed E-state index contributed by atoms with van der Waals surface area (Å²) in [4.78, 5) is 11.0. The van der Waals surface area contributed by atoms with Gasteiger partial charge in [-0.3, -0.25) is 5.10 Å². The molecule has 3 rings (SSSR count). The molecule has 0 unspecified atom stereocenters. The van der Waals surface area contributed by atoms with E-state index in [-0.39, 0.29) is 0 Å². The van der Waals surface area contributed by atoms with Crippen molar-refractivity contribution in [2.75, 3.05) is 24.3 Å². The summed E-state index contributed by atoms with van der Waals surface area (Å²) < 4.78 is 0. The summed E-state index contributed by atoms with van der Waals surface area (Å²) in [6.07, 6.45) is 1.78. The van der Waals surface area contributed by atoms with Gasteiger partial charge in [0.15, 0.2) is 0 Å². The molecule has 0 atom stereocenters. The van der Waals surface area contributed by atoms with E-state index in [4.69, 9.17) is 0 Å². The fraction of sp³-hybridized carbons (Fsp3) is 0.278. The van der Waals surface area contributed by atoms with E-state index < -0.39 is 0 Å². The molecule has 124 valence electrons. The Kier molecular flexibility index (Phi) is 4.46. The Labute approximate surface area is 142 Å². The molecule has 0 saturated carbocycles. The molecule has 6 heteroatoms. The third kappa shape index (κ3) is 3.37. The molecule has 0 amide bonds. The summed E-state index contributed by atoms with van der Waals surface area (Å²) in [5.74, 6) is 0.615. The lowest BCUT2D eigenvalue weighted by atomic mass is 10.1. The Morgan fingerprint density at radius 2 is 1.83 bits per heavy atom. The molecule has 0 aliphatic rings. The van der Waals surface area contributed by atoms with E-state index >= 15 is 0 Å². The zero-order valence-electron chi connectivity index (χ0n) is 14.5. The number of hydrogen-bond donors (Lipinski definition) is 2. The van der Waals surface area contributed by atoms with Gasteiger partial charge in [0, 0.05) is 49.3 Å². The minimum Gasteiger partial charge on any atom is -0.378 e. The highest BCUT2D eigenvalue weighted by Crippen LogP contribution is 2.21. The monoisotopic (exact) mass is 322 g/mol. The summed E-state index contributed by atoms with van der Waals surface area (Å²) >= 11 is 0. The first kappa shape index (κ1) is 16.0. The smallest absolute Gasteiger partial charge is 0.223 e. The average molecular weight is 322 g/mol. The lowest BCUT2D eigenvalue weighted by Gasteiger charge is -2.12. The largest absolute Gasteiger partial charge is 0.378 e. The number of aryl methyl sites for hydroxylation is 2. The lowest BCUT2D eigenvalue weighted by molar-refractivity contribution is 1.02.